The van der Waals surface area contributed by atoms with E-state index in [0.29, 0.717) is 0 Å². The molecule has 0 aliphatic heterocycles. The van der Waals surface area contributed by atoms with Gasteiger partial charge >= 0.3 is 29.9 Å². The van der Waals surface area contributed by atoms with Crippen molar-refractivity contribution in [3.63, 3.8) is 0 Å². The predicted octanol–water partition coefficient (Wildman–Crippen LogP) is -0.211. The highest BCUT2D eigenvalue weighted by Crippen LogP contribution is 2.03. The molecule has 0 saturated carbocycles. The number of esters is 1. The number of carboxylic acids is 3. The maximum absolute atomic E-state index is 11.7. The molecule has 5 N–H and O–H groups in total. The minimum absolute atomic E-state index is 0.249. The Bertz CT molecular complexity index is 518. The van der Waals surface area contributed by atoms with Gasteiger partial charge in [-0.05, 0) is 26.7 Å². The summed E-state index contributed by atoms with van der Waals surface area (Å²) in [6.45, 7) is 3.25. The monoisotopic (exact) mass is 362 g/mol. The molecule has 0 aromatic heterocycles. The van der Waals surface area contributed by atoms with Crippen molar-refractivity contribution in [2.24, 2.45) is 0 Å². The Morgan fingerprint density at radius 1 is 0.840 bits per heavy atom. The van der Waals surface area contributed by atoms with Crippen LogP contribution in [0.1, 0.15) is 39.5 Å². The van der Waals surface area contributed by atoms with Crippen LogP contribution in [0.25, 0.3) is 0 Å². The number of nitrogens with one attached hydrogen (secondary N) is 2. The summed E-state index contributed by atoms with van der Waals surface area (Å²) in [4.78, 5) is 55.7. The molecule has 25 heavy (non-hydrogen) atoms. The molecule has 11 nitrogen and oxygen atoms in total. The number of ether oxygens (including phenoxy) is 1. The number of hydrogen-bond acceptors (Lipinski definition) is 6. The fraction of sp³-hybridized carbons (Fsp3) is 0.643. The first-order valence-electron chi connectivity index (χ1n) is 7.46. The van der Waals surface area contributed by atoms with E-state index in [-0.39, 0.29) is 25.4 Å². The maximum Gasteiger partial charge on any atom is 0.326 e. The van der Waals surface area contributed by atoms with Gasteiger partial charge in [0.15, 0.2) is 0 Å². The summed E-state index contributed by atoms with van der Waals surface area (Å²) in [5, 5.41) is 30.5. The van der Waals surface area contributed by atoms with Crippen molar-refractivity contribution in [1.29, 1.82) is 0 Å². The Morgan fingerprint density at radius 2 is 1.28 bits per heavy atom. The standard InChI is InChI=1S/C14H22N2O9/c1-7(2)25-11(19)6-4-9(13(22)23)16-14(24)15-8(12(20)21)3-5-10(17)18/h7-9H,3-6H2,1-2H3,(H,17,18)(H,20,21)(H,22,23)(H2,15,16,24). The Morgan fingerprint density at radius 3 is 1.64 bits per heavy atom. The lowest BCUT2D eigenvalue weighted by atomic mass is 10.1. The molecule has 0 spiro atoms. The van der Waals surface area contributed by atoms with Crippen molar-refractivity contribution in [3.8, 4) is 0 Å². The zero-order chi connectivity index (χ0) is 19.6. The van der Waals surface area contributed by atoms with Gasteiger partial charge in [-0.2, -0.15) is 0 Å². The second-order valence-corrected chi connectivity index (χ2v) is 5.41. The lowest BCUT2D eigenvalue weighted by Gasteiger charge is -2.18. The van der Waals surface area contributed by atoms with Gasteiger partial charge in [-0.1, -0.05) is 0 Å². The summed E-state index contributed by atoms with van der Waals surface area (Å²) in [6.07, 6.45) is -1.72. The largest absolute Gasteiger partial charge is 0.481 e. The number of carbonyl (C=O) groups excluding carboxylic acids is 2. The molecule has 0 aliphatic carbocycles. The topological polar surface area (TPSA) is 179 Å². The Kier molecular flexibility index (Phi) is 9.60. The number of carboxylic acid groups (broad SMARTS) is 3. The summed E-state index contributed by atoms with van der Waals surface area (Å²) < 4.78 is 4.84. The second-order valence-electron chi connectivity index (χ2n) is 5.41. The van der Waals surface area contributed by atoms with E-state index in [1.807, 2.05) is 10.6 Å². The van der Waals surface area contributed by atoms with Crippen LogP contribution in [0.4, 0.5) is 4.79 Å². The molecule has 0 heterocycles. The molecule has 0 aromatic carbocycles. The third-order valence-corrected chi connectivity index (χ3v) is 2.86. The second kappa shape index (κ2) is 10.8. The highest BCUT2D eigenvalue weighted by molar-refractivity contribution is 5.86. The molecule has 2 amide bonds. The van der Waals surface area contributed by atoms with E-state index in [9.17, 15) is 24.0 Å². The predicted molar refractivity (Wildman–Crippen MR) is 81.8 cm³/mol. The number of rotatable bonds is 11. The Hall–Kier alpha value is -2.85. The van der Waals surface area contributed by atoms with Crippen molar-refractivity contribution in [1.82, 2.24) is 10.6 Å². The third kappa shape index (κ3) is 10.5. The van der Waals surface area contributed by atoms with Gasteiger partial charge in [-0.15, -0.1) is 0 Å². The van der Waals surface area contributed by atoms with Gasteiger partial charge in [-0.25, -0.2) is 14.4 Å². The van der Waals surface area contributed by atoms with Crippen LogP contribution in [0.2, 0.25) is 0 Å². The van der Waals surface area contributed by atoms with Gasteiger partial charge in [0, 0.05) is 12.8 Å². The Balaban J connectivity index is 4.60. The average molecular weight is 362 g/mol. The van der Waals surface area contributed by atoms with E-state index in [4.69, 9.17) is 20.1 Å². The molecule has 0 aliphatic rings. The number of aliphatic carboxylic acids is 3. The molecule has 0 rings (SSSR count). The van der Waals surface area contributed by atoms with Crippen molar-refractivity contribution in [2.45, 2.75) is 57.7 Å². The minimum Gasteiger partial charge on any atom is -0.481 e. The molecule has 142 valence electrons. The summed E-state index contributed by atoms with van der Waals surface area (Å²) in [7, 11) is 0. The first kappa shape index (κ1) is 22.1. The van der Waals surface area contributed by atoms with Crippen LogP contribution in [0.5, 0.6) is 0 Å². The van der Waals surface area contributed by atoms with E-state index in [1.54, 1.807) is 13.8 Å². The van der Waals surface area contributed by atoms with E-state index in [2.05, 4.69) is 0 Å². The summed E-state index contributed by atoms with van der Waals surface area (Å²) in [5.74, 6) is -4.73. The van der Waals surface area contributed by atoms with Crippen LogP contribution < -0.4 is 10.6 Å². The Labute approximate surface area is 143 Å². The zero-order valence-corrected chi connectivity index (χ0v) is 13.9. The van der Waals surface area contributed by atoms with E-state index in [1.165, 1.54) is 0 Å². The summed E-state index contributed by atoms with van der Waals surface area (Å²) in [5.41, 5.74) is 0. The molecule has 0 bridgehead atoms. The smallest absolute Gasteiger partial charge is 0.326 e. The summed E-state index contributed by atoms with van der Waals surface area (Å²) in [6, 6.07) is -4.02. The minimum atomic E-state index is -1.49. The van der Waals surface area contributed by atoms with Crippen LogP contribution >= 0.6 is 0 Å². The van der Waals surface area contributed by atoms with Gasteiger partial charge in [-0.3, -0.25) is 9.59 Å². The normalized spacial score (nSPS) is 12.8. The fourth-order valence-corrected chi connectivity index (χ4v) is 1.72. The lowest BCUT2D eigenvalue weighted by molar-refractivity contribution is -0.148. The van der Waals surface area contributed by atoms with Crippen LogP contribution in [0.3, 0.4) is 0 Å². The fourth-order valence-electron chi connectivity index (χ4n) is 1.72. The SMILES string of the molecule is CC(C)OC(=O)CCC(NC(=O)NC(CCC(=O)O)C(=O)O)C(=O)O. The molecular weight excluding hydrogens is 340 g/mol. The number of hydrogen-bond donors (Lipinski definition) is 5. The van der Waals surface area contributed by atoms with Crippen LogP contribution in [-0.4, -0.2) is 63.4 Å². The van der Waals surface area contributed by atoms with Crippen LogP contribution in [-0.2, 0) is 23.9 Å². The van der Waals surface area contributed by atoms with E-state index in [0.717, 1.165) is 0 Å². The van der Waals surface area contributed by atoms with Gasteiger partial charge < -0.3 is 30.7 Å². The highest BCUT2D eigenvalue weighted by Gasteiger charge is 2.25. The third-order valence-electron chi connectivity index (χ3n) is 2.86. The van der Waals surface area contributed by atoms with Crippen molar-refractivity contribution in [3.05, 3.63) is 0 Å². The molecule has 2 atom stereocenters. The molecule has 0 aromatic rings. The molecule has 0 radical (unpaired) electrons. The lowest BCUT2D eigenvalue weighted by Crippen LogP contribution is -2.51. The zero-order valence-electron chi connectivity index (χ0n) is 13.9. The number of urea groups is 1. The molecular formula is C14H22N2O9. The van der Waals surface area contributed by atoms with Gasteiger partial charge in [0.1, 0.15) is 12.1 Å². The van der Waals surface area contributed by atoms with E-state index >= 15 is 0 Å². The highest BCUT2D eigenvalue weighted by atomic mass is 16.5. The maximum atomic E-state index is 11.7. The van der Waals surface area contributed by atoms with E-state index < -0.39 is 48.4 Å². The van der Waals surface area contributed by atoms with Crippen molar-refractivity contribution >= 4 is 29.9 Å². The van der Waals surface area contributed by atoms with Gasteiger partial charge in [0.2, 0.25) is 0 Å². The molecule has 2 unspecified atom stereocenters. The molecule has 11 heteroatoms. The first-order chi connectivity index (χ1) is 11.5. The quantitative estimate of drug-likeness (QED) is 0.311. The molecule has 0 fully saturated rings. The van der Waals surface area contributed by atoms with Crippen LogP contribution in [0.15, 0.2) is 0 Å². The van der Waals surface area contributed by atoms with Gasteiger partial charge in [0.05, 0.1) is 6.10 Å². The van der Waals surface area contributed by atoms with Gasteiger partial charge in [0.25, 0.3) is 0 Å². The van der Waals surface area contributed by atoms with Crippen molar-refractivity contribution < 1.29 is 44.0 Å². The van der Waals surface area contributed by atoms with Crippen molar-refractivity contribution in [2.75, 3.05) is 0 Å². The number of carbonyl (C=O) groups is 5. The summed E-state index contributed by atoms with van der Waals surface area (Å²) >= 11 is 0. The first-order valence-corrected chi connectivity index (χ1v) is 7.46. The number of amides is 2. The average Bonchev–Trinajstić information content (AvgIpc) is 2.46. The molecule has 0 saturated heterocycles. The van der Waals surface area contributed by atoms with Crippen LogP contribution in [0, 0.1) is 0 Å².